The van der Waals surface area contributed by atoms with E-state index in [1.54, 1.807) is 0 Å². The Morgan fingerprint density at radius 3 is 2.52 bits per heavy atom. The number of aromatic nitrogens is 2. The first kappa shape index (κ1) is 23.5. The molecule has 1 aliphatic heterocycles. The highest BCUT2D eigenvalue weighted by atomic mass is 16.1. The monoisotopic (exact) mass is 446 g/mol. The maximum absolute atomic E-state index is 13.8. The van der Waals surface area contributed by atoms with Crippen molar-refractivity contribution in [3.05, 3.63) is 58.6 Å². The molecule has 1 aromatic heterocycles. The summed E-state index contributed by atoms with van der Waals surface area (Å²) in [7, 11) is 4.09. The predicted octanol–water partition coefficient (Wildman–Crippen LogP) is 5.37. The van der Waals surface area contributed by atoms with Crippen LogP contribution in [0.1, 0.15) is 52.3 Å². The van der Waals surface area contributed by atoms with E-state index in [4.69, 9.17) is 4.98 Å². The summed E-state index contributed by atoms with van der Waals surface area (Å²) in [6, 6.07) is 15.1. The molecule has 0 amide bonds. The number of anilines is 1. The van der Waals surface area contributed by atoms with E-state index >= 15 is 0 Å². The lowest BCUT2D eigenvalue weighted by Gasteiger charge is -2.36. The fourth-order valence-corrected chi connectivity index (χ4v) is 4.97. The van der Waals surface area contributed by atoms with Crippen LogP contribution in [0.25, 0.3) is 22.0 Å². The number of piperidine rings is 1. The Kier molecular flexibility index (Phi) is 6.89. The topological polar surface area (TPSA) is 41.4 Å². The number of rotatable bonds is 6. The van der Waals surface area contributed by atoms with Crippen molar-refractivity contribution in [2.45, 2.75) is 59.0 Å². The first-order valence-corrected chi connectivity index (χ1v) is 12.3. The number of fused-ring (bicyclic) bond motifs is 1. The minimum atomic E-state index is 0.0935. The van der Waals surface area contributed by atoms with Crippen LogP contribution >= 0.6 is 0 Å². The fraction of sp³-hybridized carbons (Fsp3) is 0.500. The largest absolute Gasteiger partial charge is 0.378 e. The van der Waals surface area contributed by atoms with Gasteiger partial charge in [-0.05, 0) is 74.5 Å². The normalized spacial score (nSPS) is 17.3. The Morgan fingerprint density at radius 2 is 1.82 bits per heavy atom. The van der Waals surface area contributed by atoms with E-state index in [-0.39, 0.29) is 11.5 Å². The lowest BCUT2D eigenvalue weighted by Crippen LogP contribution is -2.42. The van der Waals surface area contributed by atoms with Gasteiger partial charge in [0.15, 0.2) is 0 Å². The first-order chi connectivity index (χ1) is 15.7. The molecule has 1 saturated heterocycles. The molecule has 0 aliphatic carbocycles. The van der Waals surface area contributed by atoms with Crippen LogP contribution in [0, 0.1) is 5.92 Å². The molecule has 176 valence electrons. The van der Waals surface area contributed by atoms with Crippen LogP contribution < -0.4 is 10.5 Å². The molecular formula is C28H38N4O. The molecule has 2 aromatic carbocycles. The molecule has 0 bridgehead atoms. The van der Waals surface area contributed by atoms with Gasteiger partial charge in [0.1, 0.15) is 5.82 Å². The molecule has 1 aliphatic rings. The zero-order valence-corrected chi connectivity index (χ0v) is 21.0. The molecule has 4 rings (SSSR count). The quantitative estimate of drug-likeness (QED) is 0.510. The van der Waals surface area contributed by atoms with Gasteiger partial charge in [0, 0.05) is 44.8 Å². The highest BCUT2D eigenvalue weighted by molar-refractivity contribution is 5.84. The molecule has 1 fully saturated rings. The van der Waals surface area contributed by atoms with E-state index < -0.39 is 0 Å². The maximum atomic E-state index is 13.8. The minimum absolute atomic E-state index is 0.0935. The van der Waals surface area contributed by atoms with E-state index in [1.807, 2.05) is 30.8 Å². The molecular weight excluding hydrogens is 408 g/mol. The Morgan fingerprint density at radius 1 is 1.06 bits per heavy atom. The zero-order valence-electron chi connectivity index (χ0n) is 21.0. The molecule has 0 N–H and O–H groups in total. The van der Waals surface area contributed by atoms with E-state index in [1.165, 1.54) is 12.8 Å². The lowest BCUT2D eigenvalue weighted by atomic mass is 9.96. The minimum Gasteiger partial charge on any atom is -0.378 e. The summed E-state index contributed by atoms with van der Waals surface area (Å²) >= 11 is 0. The van der Waals surface area contributed by atoms with Gasteiger partial charge >= 0.3 is 0 Å². The average molecular weight is 447 g/mol. The molecule has 0 saturated carbocycles. The van der Waals surface area contributed by atoms with Gasteiger partial charge in [-0.25, -0.2) is 4.98 Å². The van der Waals surface area contributed by atoms with E-state index in [2.05, 4.69) is 67.8 Å². The number of hydrogen-bond acceptors (Lipinski definition) is 4. The number of benzene rings is 2. The van der Waals surface area contributed by atoms with Gasteiger partial charge in [-0.2, -0.15) is 0 Å². The summed E-state index contributed by atoms with van der Waals surface area (Å²) in [6.07, 6.45) is 2.37. The van der Waals surface area contributed by atoms with Crippen LogP contribution in [0.4, 0.5) is 5.69 Å². The van der Waals surface area contributed by atoms with Crippen molar-refractivity contribution >= 4 is 16.6 Å². The summed E-state index contributed by atoms with van der Waals surface area (Å²) in [6.45, 7) is 11.7. The summed E-state index contributed by atoms with van der Waals surface area (Å²) in [5.74, 6) is 1.58. The van der Waals surface area contributed by atoms with Crippen LogP contribution in [0.5, 0.6) is 0 Å². The van der Waals surface area contributed by atoms with Crippen molar-refractivity contribution in [3.63, 3.8) is 0 Å². The van der Waals surface area contributed by atoms with Gasteiger partial charge in [0.2, 0.25) is 0 Å². The van der Waals surface area contributed by atoms with Gasteiger partial charge in [0.25, 0.3) is 5.56 Å². The van der Waals surface area contributed by atoms with Crippen molar-refractivity contribution in [2.24, 2.45) is 5.92 Å². The van der Waals surface area contributed by atoms with Gasteiger partial charge < -0.3 is 9.80 Å². The SMILES string of the molecule is CC(C)c1nc2ccc(-c3cccc(N(C)C)c3)cc2c(=O)n1C[C@H]1CCCN(C(C)C)C1. The maximum Gasteiger partial charge on any atom is 0.261 e. The molecule has 3 aromatic rings. The second kappa shape index (κ2) is 9.68. The van der Waals surface area contributed by atoms with Crippen LogP contribution in [0.2, 0.25) is 0 Å². The molecule has 2 heterocycles. The standard InChI is InChI=1S/C28H38N4O/c1-19(2)27-29-26-13-12-23(22-10-7-11-24(15-22)30(5)6)16-25(26)28(33)32(27)18-21-9-8-14-31(17-21)20(3)4/h7,10-13,15-16,19-21H,8-9,14,17-18H2,1-6H3/t21-/m0/s1. The molecule has 5 heteroatoms. The van der Waals surface area contributed by atoms with Gasteiger partial charge in [-0.15, -0.1) is 0 Å². The molecule has 0 unspecified atom stereocenters. The fourth-order valence-electron chi connectivity index (χ4n) is 4.97. The van der Waals surface area contributed by atoms with Crippen LogP contribution in [-0.2, 0) is 6.54 Å². The van der Waals surface area contributed by atoms with Crippen molar-refractivity contribution in [1.29, 1.82) is 0 Å². The summed E-state index contributed by atoms with van der Waals surface area (Å²) < 4.78 is 1.97. The molecule has 0 radical (unpaired) electrons. The smallest absolute Gasteiger partial charge is 0.261 e. The number of hydrogen-bond donors (Lipinski definition) is 0. The molecule has 33 heavy (non-hydrogen) atoms. The highest BCUT2D eigenvalue weighted by Crippen LogP contribution is 2.27. The van der Waals surface area contributed by atoms with E-state index in [0.717, 1.165) is 47.8 Å². The zero-order chi connectivity index (χ0) is 23.7. The van der Waals surface area contributed by atoms with Crippen molar-refractivity contribution < 1.29 is 0 Å². The van der Waals surface area contributed by atoms with Crippen LogP contribution in [0.15, 0.2) is 47.3 Å². The summed E-state index contributed by atoms with van der Waals surface area (Å²) in [5, 5.41) is 0.712. The second-order valence-electron chi connectivity index (χ2n) is 10.3. The third-order valence-corrected chi connectivity index (χ3v) is 6.92. The van der Waals surface area contributed by atoms with Gasteiger partial charge in [-0.1, -0.05) is 32.0 Å². The number of nitrogens with zero attached hydrogens (tertiary/aromatic N) is 4. The molecule has 0 spiro atoms. The van der Waals surface area contributed by atoms with E-state index in [0.29, 0.717) is 17.3 Å². The highest BCUT2D eigenvalue weighted by Gasteiger charge is 2.24. The molecule has 1 atom stereocenters. The Bertz CT molecular complexity index is 1180. The predicted molar refractivity (Wildman–Crippen MR) is 139 cm³/mol. The second-order valence-corrected chi connectivity index (χ2v) is 10.3. The number of likely N-dealkylation sites (tertiary alicyclic amines) is 1. The summed E-state index contributed by atoms with van der Waals surface area (Å²) in [5.41, 5.74) is 4.20. The Balaban J connectivity index is 1.76. The summed E-state index contributed by atoms with van der Waals surface area (Å²) in [4.78, 5) is 23.4. The third-order valence-electron chi connectivity index (χ3n) is 6.92. The van der Waals surface area contributed by atoms with Crippen molar-refractivity contribution in [3.8, 4) is 11.1 Å². The van der Waals surface area contributed by atoms with Crippen LogP contribution in [0.3, 0.4) is 0 Å². The van der Waals surface area contributed by atoms with Crippen molar-refractivity contribution in [1.82, 2.24) is 14.5 Å². The van der Waals surface area contributed by atoms with E-state index in [9.17, 15) is 4.79 Å². The molecule has 5 nitrogen and oxygen atoms in total. The van der Waals surface area contributed by atoms with Gasteiger partial charge in [-0.3, -0.25) is 9.36 Å². The van der Waals surface area contributed by atoms with Crippen molar-refractivity contribution in [2.75, 3.05) is 32.1 Å². The van der Waals surface area contributed by atoms with Gasteiger partial charge in [0.05, 0.1) is 10.9 Å². The Labute approximate surface area is 198 Å². The Hall–Kier alpha value is -2.66. The average Bonchev–Trinajstić information content (AvgIpc) is 2.80. The third kappa shape index (κ3) is 4.98. The first-order valence-electron chi connectivity index (χ1n) is 12.3. The lowest BCUT2D eigenvalue weighted by molar-refractivity contribution is 0.129. The van der Waals surface area contributed by atoms with Crippen LogP contribution in [-0.4, -0.2) is 47.7 Å².